The van der Waals surface area contributed by atoms with E-state index in [1.807, 2.05) is 20.8 Å². The van der Waals surface area contributed by atoms with E-state index in [4.69, 9.17) is 14.2 Å². The van der Waals surface area contributed by atoms with Gasteiger partial charge in [0, 0.05) is 19.3 Å². The number of carbonyl (C=O) groups is 1. The van der Waals surface area contributed by atoms with Crippen molar-refractivity contribution >= 4 is 5.78 Å². The van der Waals surface area contributed by atoms with E-state index in [2.05, 4.69) is 0 Å². The Balaban J connectivity index is 2.35. The molecule has 0 spiro atoms. The maximum atomic E-state index is 11.9. The number of rotatable bonds is 9. The lowest BCUT2D eigenvalue weighted by atomic mass is 10.1. The molecule has 0 saturated carbocycles. The lowest BCUT2D eigenvalue weighted by Gasteiger charge is -2.22. The topological polar surface area (TPSA) is 44.8 Å². The highest BCUT2D eigenvalue weighted by Crippen LogP contribution is 2.14. The molecule has 0 fully saturated rings. The molecule has 0 amide bonds. The van der Waals surface area contributed by atoms with Gasteiger partial charge in [0.1, 0.15) is 12.4 Å². The third-order valence-corrected chi connectivity index (χ3v) is 3.12. The van der Waals surface area contributed by atoms with Crippen LogP contribution in [0.1, 0.15) is 37.6 Å². The first kappa shape index (κ1) is 16.7. The molecule has 4 nitrogen and oxygen atoms in total. The summed E-state index contributed by atoms with van der Waals surface area (Å²) in [4.78, 5) is 11.9. The lowest BCUT2D eigenvalue weighted by molar-refractivity contribution is -0.00837. The average molecular weight is 280 g/mol. The van der Waals surface area contributed by atoms with E-state index in [1.54, 1.807) is 31.4 Å². The number of hydrogen-bond acceptors (Lipinski definition) is 4. The zero-order valence-electron chi connectivity index (χ0n) is 12.8. The van der Waals surface area contributed by atoms with Crippen molar-refractivity contribution in [1.82, 2.24) is 0 Å². The molecule has 0 aliphatic carbocycles. The minimum absolute atomic E-state index is 0.0247. The number of ketones is 1. The van der Waals surface area contributed by atoms with E-state index in [0.717, 1.165) is 12.2 Å². The summed E-state index contributed by atoms with van der Waals surface area (Å²) in [6.07, 6.45) is 0.750. The van der Waals surface area contributed by atoms with Gasteiger partial charge in [-0.2, -0.15) is 0 Å². The van der Waals surface area contributed by atoms with Gasteiger partial charge in [-0.15, -0.1) is 0 Å². The molecule has 0 unspecified atom stereocenters. The van der Waals surface area contributed by atoms with Gasteiger partial charge in [-0.3, -0.25) is 4.79 Å². The second-order valence-corrected chi connectivity index (χ2v) is 5.15. The Morgan fingerprint density at radius 3 is 2.40 bits per heavy atom. The third kappa shape index (κ3) is 5.72. The Morgan fingerprint density at radius 2 is 1.85 bits per heavy atom. The Morgan fingerprint density at radius 1 is 1.20 bits per heavy atom. The molecule has 0 heterocycles. The fraction of sp³-hybridized carbons (Fsp3) is 0.562. The van der Waals surface area contributed by atoms with Crippen molar-refractivity contribution in [3.8, 4) is 5.75 Å². The third-order valence-electron chi connectivity index (χ3n) is 3.12. The highest BCUT2D eigenvalue weighted by atomic mass is 16.5. The number of ether oxygens (including phenoxy) is 3. The summed E-state index contributed by atoms with van der Waals surface area (Å²) in [6.45, 7) is 7.12. The van der Waals surface area contributed by atoms with E-state index in [1.165, 1.54) is 0 Å². The van der Waals surface area contributed by atoms with Crippen molar-refractivity contribution in [2.75, 3.05) is 26.9 Å². The molecule has 0 aliphatic rings. The Kier molecular flexibility index (Phi) is 6.68. The molecule has 1 aromatic carbocycles. The molecule has 1 rings (SSSR count). The summed E-state index contributed by atoms with van der Waals surface area (Å²) in [5.41, 5.74) is 0.418. The van der Waals surface area contributed by atoms with Crippen molar-refractivity contribution < 1.29 is 19.0 Å². The van der Waals surface area contributed by atoms with Gasteiger partial charge in [0.05, 0.1) is 12.2 Å². The van der Waals surface area contributed by atoms with Crippen molar-refractivity contribution in [3.63, 3.8) is 0 Å². The Bertz CT molecular complexity index is 409. The van der Waals surface area contributed by atoms with Gasteiger partial charge in [-0.05, 0) is 51.5 Å². The zero-order valence-corrected chi connectivity index (χ0v) is 12.8. The van der Waals surface area contributed by atoms with Gasteiger partial charge in [0.15, 0.2) is 5.78 Å². The molecule has 112 valence electrons. The van der Waals surface area contributed by atoms with Crippen molar-refractivity contribution in [2.45, 2.75) is 32.8 Å². The molecular weight excluding hydrogens is 256 g/mol. The monoisotopic (exact) mass is 280 g/mol. The van der Waals surface area contributed by atoms with Crippen LogP contribution in [0.4, 0.5) is 0 Å². The van der Waals surface area contributed by atoms with Gasteiger partial charge >= 0.3 is 0 Å². The fourth-order valence-electron chi connectivity index (χ4n) is 1.57. The molecule has 1 aromatic rings. The number of Topliss-reactive ketones (excluding diaryl/α,β-unsaturated/α-hetero) is 1. The smallest absolute Gasteiger partial charge is 0.188 e. The predicted molar refractivity (Wildman–Crippen MR) is 78.5 cm³/mol. The second kappa shape index (κ2) is 8.02. The summed E-state index contributed by atoms with van der Waals surface area (Å²) in [6, 6.07) is 7.11. The summed E-state index contributed by atoms with van der Waals surface area (Å²) >= 11 is 0. The Labute approximate surface area is 121 Å². The van der Waals surface area contributed by atoms with Crippen molar-refractivity contribution in [2.24, 2.45) is 0 Å². The van der Waals surface area contributed by atoms with Crippen molar-refractivity contribution in [3.05, 3.63) is 29.8 Å². The Hall–Kier alpha value is -1.39. The summed E-state index contributed by atoms with van der Waals surface area (Å²) < 4.78 is 16.0. The van der Waals surface area contributed by atoms with Crippen LogP contribution in [0.25, 0.3) is 0 Å². The van der Waals surface area contributed by atoms with Gasteiger partial charge in [-0.1, -0.05) is 0 Å². The molecular formula is C16H24O4. The van der Waals surface area contributed by atoms with Crippen LogP contribution in [0, 0.1) is 0 Å². The van der Waals surface area contributed by atoms with Crippen molar-refractivity contribution in [1.29, 1.82) is 0 Å². The number of carbonyl (C=O) groups excluding carboxylic acids is 1. The van der Waals surface area contributed by atoms with E-state index in [0.29, 0.717) is 18.8 Å². The van der Waals surface area contributed by atoms with E-state index in [9.17, 15) is 4.79 Å². The van der Waals surface area contributed by atoms with Crippen LogP contribution in [0.3, 0.4) is 0 Å². The minimum Gasteiger partial charge on any atom is -0.494 e. The van der Waals surface area contributed by atoms with Crippen LogP contribution in [0.15, 0.2) is 24.3 Å². The molecule has 0 aromatic heterocycles. The van der Waals surface area contributed by atoms with Crippen LogP contribution in [0.2, 0.25) is 0 Å². The fourth-order valence-corrected chi connectivity index (χ4v) is 1.57. The molecule has 0 N–H and O–H groups in total. The van der Waals surface area contributed by atoms with Gasteiger partial charge in [-0.25, -0.2) is 0 Å². The zero-order chi connectivity index (χ0) is 15.0. The molecule has 20 heavy (non-hydrogen) atoms. The first-order chi connectivity index (χ1) is 9.48. The maximum Gasteiger partial charge on any atom is 0.188 e. The second-order valence-electron chi connectivity index (χ2n) is 5.15. The predicted octanol–water partition coefficient (Wildman–Crippen LogP) is 3.10. The largest absolute Gasteiger partial charge is 0.494 e. The summed E-state index contributed by atoms with van der Waals surface area (Å²) in [5.74, 6) is 0.745. The number of benzene rings is 1. The maximum absolute atomic E-state index is 11.9. The van der Waals surface area contributed by atoms with E-state index < -0.39 is 0 Å². The van der Waals surface area contributed by atoms with Crippen LogP contribution >= 0.6 is 0 Å². The van der Waals surface area contributed by atoms with E-state index >= 15 is 0 Å². The van der Waals surface area contributed by atoms with Crippen LogP contribution in [0.5, 0.6) is 5.75 Å². The first-order valence-electron chi connectivity index (χ1n) is 6.87. The summed E-state index contributed by atoms with van der Waals surface area (Å²) in [5, 5.41) is 0. The molecule has 0 radical (unpaired) electrons. The molecule has 0 atom stereocenters. The number of hydrogen-bond donors (Lipinski definition) is 0. The molecule has 0 aliphatic heterocycles. The standard InChI is InChI=1S/C16H24O4/c1-5-20-14-8-6-13(7-9-14)15(17)12-19-11-10-16(2,3)18-4/h6-9H,5,10-12H2,1-4H3. The molecule has 4 heteroatoms. The van der Waals surface area contributed by atoms with Crippen LogP contribution < -0.4 is 4.74 Å². The molecule has 0 bridgehead atoms. The quantitative estimate of drug-likeness (QED) is 0.515. The van der Waals surface area contributed by atoms with Crippen LogP contribution in [-0.4, -0.2) is 38.3 Å². The van der Waals surface area contributed by atoms with Gasteiger partial charge < -0.3 is 14.2 Å². The van der Waals surface area contributed by atoms with Gasteiger partial charge in [0.2, 0.25) is 0 Å². The number of methoxy groups -OCH3 is 1. The minimum atomic E-state index is -0.220. The van der Waals surface area contributed by atoms with Crippen LogP contribution in [-0.2, 0) is 9.47 Å². The SMILES string of the molecule is CCOc1ccc(C(=O)COCCC(C)(C)OC)cc1. The average Bonchev–Trinajstić information content (AvgIpc) is 2.44. The summed E-state index contributed by atoms with van der Waals surface area (Å²) in [7, 11) is 1.67. The highest BCUT2D eigenvalue weighted by Gasteiger charge is 2.16. The van der Waals surface area contributed by atoms with E-state index in [-0.39, 0.29) is 18.0 Å². The first-order valence-corrected chi connectivity index (χ1v) is 6.87. The van der Waals surface area contributed by atoms with Gasteiger partial charge in [0.25, 0.3) is 0 Å². The normalized spacial score (nSPS) is 11.4. The molecule has 0 saturated heterocycles. The highest BCUT2D eigenvalue weighted by molar-refractivity contribution is 5.97. The lowest BCUT2D eigenvalue weighted by Crippen LogP contribution is -2.25.